The Morgan fingerprint density at radius 1 is 1.25 bits per heavy atom. The second kappa shape index (κ2) is 6.40. The number of rotatable bonds is 3. The van der Waals surface area contributed by atoms with Crippen molar-refractivity contribution in [2.75, 3.05) is 0 Å². The fourth-order valence-corrected chi connectivity index (χ4v) is 4.62. The lowest BCUT2D eigenvalue weighted by atomic mass is 9.86. The standard InChI is InChI=1S/C19H21N3OS/c1-13-7-2-3-9-15(13)21-18(23)17-16(22-11-4-5-12-22)14-8-6-10-20-19(14)24-17/h4-6,8,10-13,15H,2-3,7,9H2,1H3,(H,21,23)/t13-,15+/m0/s1. The number of carbonyl (C=O) groups excluding carboxylic acids is 1. The highest BCUT2D eigenvalue weighted by Crippen LogP contribution is 2.33. The first-order chi connectivity index (χ1) is 11.7. The molecule has 24 heavy (non-hydrogen) atoms. The van der Waals surface area contributed by atoms with Gasteiger partial charge in [0.05, 0.1) is 5.69 Å². The molecular weight excluding hydrogens is 318 g/mol. The summed E-state index contributed by atoms with van der Waals surface area (Å²) in [6.45, 7) is 2.24. The second-order valence-corrected chi connectivity index (χ2v) is 7.57. The third kappa shape index (κ3) is 2.73. The molecule has 4 rings (SSSR count). The third-order valence-corrected chi connectivity index (χ3v) is 6.04. The van der Waals surface area contributed by atoms with Gasteiger partial charge in [0.25, 0.3) is 5.91 Å². The van der Waals surface area contributed by atoms with E-state index in [9.17, 15) is 4.79 Å². The molecule has 0 unspecified atom stereocenters. The van der Waals surface area contributed by atoms with Gasteiger partial charge in [0, 0.05) is 30.0 Å². The summed E-state index contributed by atoms with van der Waals surface area (Å²) in [5, 5.41) is 4.31. The van der Waals surface area contributed by atoms with Crippen LogP contribution in [0.3, 0.4) is 0 Å². The SMILES string of the molecule is C[C@H]1CCCC[C@H]1NC(=O)c1sc2ncccc2c1-n1cccc1. The molecule has 5 heteroatoms. The smallest absolute Gasteiger partial charge is 0.263 e. The highest BCUT2D eigenvalue weighted by Gasteiger charge is 2.26. The molecule has 1 N–H and O–H groups in total. The van der Waals surface area contributed by atoms with Gasteiger partial charge in [-0.3, -0.25) is 4.79 Å². The molecule has 0 radical (unpaired) electrons. The summed E-state index contributed by atoms with van der Waals surface area (Å²) < 4.78 is 2.01. The number of amides is 1. The van der Waals surface area contributed by atoms with Crippen molar-refractivity contribution in [1.82, 2.24) is 14.9 Å². The molecule has 1 fully saturated rings. The van der Waals surface area contributed by atoms with E-state index in [1.54, 1.807) is 6.20 Å². The maximum Gasteiger partial charge on any atom is 0.263 e. The van der Waals surface area contributed by atoms with E-state index in [1.165, 1.54) is 30.6 Å². The Morgan fingerprint density at radius 2 is 2.04 bits per heavy atom. The minimum atomic E-state index is 0.0282. The maximum absolute atomic E-state index is 13.0. The molecule has 1 aliphatic carbocycles. The minimum absolute atomic E-state index is 0.0282. The first kappa shape index (κ1) is 15.4. The van der Waals surface area contributed by atoms with E-state index in [-0.39, 0.29) is 11.9 Å². The Balaban J connectivity index is 1.73. The van der Waals surface area contributed by atoms with Gasteiger partial charge in [0.2, 0.25) is 0 Å². The summed E-state index contributed by atoms with van der Waals surface area (Å²) in [6, 6.07) is 8.19. The highest BCUT2D eigenvalue weighted by atomic mass is 32.1. The second-order valence-electron chi connectivity index (χ2n) is 6.57. The normalized spacial score (nSPS) is 21.0. The first-order valence-electron chi connectivity index (χ1n) is 8.56. The number of pyridine rings is 1. The van der Waals surface area contributed by atoms with Crippen LogP contribution >= 0.6 is 11.3 Å². The van der Waals surface area contributed by atoms with Crippen molar-refractivity contribution in [3.63, 3.8) is 0 Å². The quantitative estimate of drug-likeness (QED) is 0.769. The molecule has 3 aromatic rings. The summed E-state index contributed by atoms with van der Waals surface area (Å²) in [4.78, 5) is 19.1. The Bertz CT molecular complexity index is 853. The predicted octanol–water partition coefficient (Wildman–Crippen LogP) is 4.40. The number of aromatic nitrogens is 2. The van der Waals surface area contributed by atoms with Crippen molar-refractivity contribution in [1.29, 1.82) is 0 Å². The number of carbonyl (C=O) groups is 1. The van der Waals surface area contributed by atoms with Crippen LogP contribution in [0, 0.1) is 5.92 Å². The molecule has 0 aliphatic heterocycles. The van der Waals surface area contributed by atoms with Crippen molar-refractivity contribution in [2.24, 2.45) is 5.92 Å². The van der Waals surface area contributed by atoms with Crippen molar-refractivity contribution >= 4 is 27.5 Å². The van der Waals surface area contributed by atoms with Gasteiger partial charge in [-0.15, -0.1) is 11.3 Å². The lowest BCUT2D eigenvalue weighted by Gasteiger charge is -2.29. The van der Waals surface area contributed by atoms with E-state index in [0.29, 0.717) is 5.92 Å². The van der Waals surface area contributed by atoms with Crippen molar-refractivity contribution in [3.8, 4) is 5.69 Å². The minimum Gasteiger partial charge on any atom is -0.348 e. The Kier molecular flexibility index (Phi) is 4.10. The van der Waals surface area contributed by atoms with Gasteiger partial charge < -0.3 is 9.88 Å². The van der Waals surface area contributed by atoms with Crippen molar-refractivity contribution < 1.29 is 4.79 Å². The highest BCUT2D eigenvalue weighted by molar-refractivity contribution is 7.21. The van der Waals surface area contributed by atoms with E-state index in [0.717, 1.165) is 27.2 Å². The average molecular weight is 339 g/mol. The zero-order valence-electron chi connectivity index (χ0n) is 13.7. The van der Waals surface area contributed by atoms with E-state index in [1.807, 2.05) is 41.2 Å². The number of nitrogens with zero attached hydrogens (tertiary/aromatic N) is 2. The molecule has 4 nitrogen and oxygen atoms in total. The van der Waals surface area contributed by atoms with E-state index in [2.05, 4.69) is 17.2 Å². The number of fused-ring (bicyclic) bond motifs is 1. The van der Waals surface area contributed by atoms with Crippen LogP contribution in [-0.4, -0.2) is 21.5 Å². The number of nitrogens with one attached hydrogen (secondary N) is 1. The number of hydrogen-bond donors (Lipinski definition) is 1. The fourth-order valence-electron chi connectivity index (χ4n) is 3.58. The van der Waals surface area contributed by atoms with Crippen LogP contribution in [0.4, 0.5) is 0 Å². The zero-order valence-corrected chi connectivity index (χ0v) is 14.6. The Labute approximate surface area is 145 Å². The fraction of sp³-hybridized carbons (Fsp3) is 0.368. The predicted molar refractivity (Wildman–Crippen MR) is 97.8 cm³/mol. The van der Waals surface area contributed by atoms with Crippen LogP contribution in [0.25, 0.3) is 15.9 Å². The van der Waals surface area contributed by atoms with Gasteiger partial charge in [-0.2, -0.15) is 0 Å². The van der Waals surface area contributed by atoms with Crippen LogP contribution in [0.2, 0.25) is 0 Å². The largest absolute Gasteiger partial charge is 0.348 e. The molecule has 0 bridgehead atoms. The summed E-state index contributed by atoms with van der Waals surface area (Å²) in [6.07, 6.45) is 10.5. The van der Waals surface area contributed by atoms with Crippen LogP contribution in [-0.2, 0) is 0 Å². The zero-order chi connectivity index (χ0) is 16.5. The number of thiophene rings is 1. The average Bonchev–Trinajstić information content (AvgIpc) is 3.23. The summed E-state index contributed by atoms with van der Waals surface area (Å²) in [5.74, 6) is 0.575. The van der Waals surface area contributed by atoms with Gasteiger partial charge in [-0.05, 0) is 43.0 Å². The van der Waals surface area contributed by atoms with Gasteiger partial charge in [0.15, 0.2) is 0 Å². The topological polar surface area (TPSA) is 46.9 Å². The third-order valence-electron chi connectivity index (χ3n) is 4.94. The molecular formula is C19H21N3OS. The monoisotopic (exact) mass is 339 g/mol. The molecule has 3 heterocycles. The van der Waals surface area contributed by atoms with E-state index in [4.69, 9.17) is 0 Å². The molecule has 1 saturated carbocycles. The molecule has 2 atom stereocenters. The summed E-state index contributed by atoms with van der Waals surface area (Å²) in [5.41, 5.74) is 0.939. The Morgan fingerprint density at radius 3 is 2.83 bits per heavy atom. The Hall–Kier alpha value is -2.14. The van der Waals surface area contributed by atoms with Gasteiger partial charge in [0.1, 0.15) is 9.71 Å². The maximum atomic E-state index is 13.0. The molecule has 0 saturated heterocycles. The van der Waals surface area contributed by atoms with Gasteiger partial charge in [-0.1, -0.05) is 19.8 Å². The van der Waals surface area contributed by atoms with Crippen LogP contribution in [0.5, 0.6) is 0 Å². The number of hydrogen-bond acceptors (Lipinski definition) is 3. The van der Waals surface area contributed by atoms with Crippen molar-refractivity contribution in [2.45, 2.75) is 38.6 Å². The van der Waals surface area contributed by atoms with Crippen molar-refractivity contribution in [3.05, 3.63) is 47.7 Å². The lowest BCUT2D eigenvalue weighted by Crippen LogP contribution is -2.41. The molecule has 1 amide bonds. The lowest BCUT2D eigenvalue weighted by molar-refractivity contribution is 0.0914. The molecule has 124 valence electrons. The summed E-state index contributed by atoms with van der Waals surface area (Å²) >= 11 is 1.48. The molecule has 0 aromatic carbocycles. The first-order valence-corrected chi connectivity index (χ1v) is 9.37. The van der Waals surface area contributed by atoms with E-state index >= 15 is 0 Å². The van der Waals surface area contributed by atoms with E-state index < -0.39 is 0 Å². The molecule has 0 spiro atoms. The van der Waals surface area contributed by atoms with Crippen LogP contribution < -0.4 is 5.32 Å². The molecule has 1 aliphatic rings. The van der Waals surface area contributed by atoms with Crippen LogP contribution in [0.1, 0.15) is 42.3 Å². The van der Waals surface area contributed by atoms with Gasteiger partial charge in [-0.25, -0.2) is 4.98 Å². The van der Waals surface area contributed by atoms with Gasteiger partial charge >= 0.3 is 0 Å². The molecule has 3 aromatic heterocycles. The summed E-state index contributed by atoms with van der Waals surface area (Å²) in [7, 11) is 0. The van der Waals surface area contributed by atoms with Crippen LogP contribution in [0.15, 0.2) is 42.9 Å².